The normalized spacial score (nSPS) is 10.8. The smallest absolute Gasteiger partial charge is 0.261 e. The molecule has 5 heteroatoms. The molecule has 0 aliphatic rings. The van der Waals surface area contributed by atoms with E-state index in [1.165, 1.54) is 7.11 Å². The Bertz CT molecular complexity index is 329. The van der Waals surface area contributed by atoms with Crippen molar-refractivity contribution >= 4 is 0 Å². The molecule has 1 aromatic carbocycles. The van der Waals surface area contributed by atoms with Crippen molar-refractivity contribution in [3.05, 3.63) is 29.3 Å². The molecule has 0 aliphatic carbocycles. The molecule has 0 saturated carbocycles. The first kappa shape index (κ1) is 12.9. The number of hydrogen-bond acceptors (Lipinski definition) is 3. The van der Waals surface area contributed by atoms with Gasteiger partial charge in [-0.3, -0.25) is 0 Å². The second-order valence-electron chi connectivity index (χ2n) is 3.21. The quantitative estimate of drug-likeness (QED) is 0.815. The van der Waals surface area contributed by atoms with E-state index in [-0.39, 0.29) is 13.2 Å². The third-order valence-corrected chi connectivity index (χ3v) is 2.03. The number of ether oxygens (including phenoxy) is 2. The SMILES string of the molecule is COc1ccc(CO)cc1COCC(F)F. The van der Waals surface area contributed by atoms with Crippen molar-refractivity contribution in [2.45, 2.75) is 19.6 Å². The average Bonchev–Trinajstić information content (AvgIpc) is 2.28. The van der Waals surface area contributed by atoms with E-state index in [4.69, 9.17) is 14.6 Å². The first-order valence-electron chi connectivity index (χ1n) is 4.80. The Kier molecular flexibility index (Phi) is 5.14. The summed E-state index contributed by atoms with van der Waals surface area (Å²) in [5, 5.41) is 8.94. The lowest BCUT2D eigenvalue weighted by atomic mass is 10.1. The van der Waals surface area contributed by atoms with Crippen molar-refractivity contribution in [2.75, 3.05) is 13.7 Å². The highest BCUT2D eigenvalue weighted by atomic mass is 19.3. The van der Waals surface area contributed by atoms with Crippen molar-refractivity contribution in [1.82, 2.24) is 0 Å². The molecule has 1 N–H and O–H groups in total. The molecule has 0 spiro atoms. The third kappa shape index (κ3) is 3.75. The van der Waals surface area contributed by atoms with Crippen molar-refractivity contribution in [2.24, 2.45) is 0 Å². The minimum Gasteiger partial charge on any atom is -0.496 e. The highest BCUT2D eigenvalue weighted by Crippen LogP contribution is 2.21. The summed E-state index contributed by atoms with van der Waals surface area (Å²) < 4.78 is 33.6. The van der Waals surface area contributed by atoms with Crippen LogP contribution >= 0.6 is 0 Å². The van der Waals surface area contributed by atoms with E-state index in [1.54, 1.807) is 18.2 Å². The number of rotatable bonds is 6. The van der Waals surface area contributed by atoms with Crippen LogP contribution in [0.25, 0.3) is 0 Å². The Morgan fingerprint density at radius 2 is 2.12 bits per heavy atom. The zero-order valence-electron chi connectivity index (χ0n) is 8.95. The van der Waals surface area contributed by atoms with Gasteiger partial charge >= 0.3 is 0 Å². The largest absolute Gasteiger partial charge is 0.496 e. The average molecular weight is 232 g/mol. The Balaban J connectivity index is 2.67. The molecule has 90 valence electrons. The predicted octanol–water partition coefficient (Wildman–Crippen LogP) is 1.97. The van der Waals surface area contributed by atoms with Crippen LogP contribution in [0.15, 0.2) is 18.2 Å². The van der Waals surface area contributed by atoms with Crippen LogP contribution in [-0.4, -0.2) is 25.2 Å². The topological polar surface area (TPSA) is 38.7 Å². The van der Waals surface area contributed by atoms with Crippen LogP contribution in [0, 0.1) is 0 Å². The maximum Gasteiger partial charge on any atom is 0.261 e. The number of halogens is 2. The summed E-state index contributed by atoms with van der Waals surface area (Å²) in [7, 11) is 1.49. The van der Waals surface area contributed by atoms with Crippen LogP contribution in [0.4, 0.5) is 8.78 Å². The van der Waals surface area contributed by atoms with Crippen LogP contribution in [0.1, 0.15) is 11.1 Å². The number of methoxy groups -OCH3 is 1. The van der Waals surface area contributed by atoms with Gasteiger partial charge in [-0.25, -0.2) is 8.78 Å². The summed E-state index contributed by atoms with van der Waals surface area (Å²) >= 11 is 0. The molecular weight excluding hydrogens is 218 g/mol. The first-order valence-corrected chi connectivity index (χ1v) is 4.80. The standard InChI is InChI=1S/C11H14F2O3/c1-15-10-3-2-8(5-14)4-9(10)6-16-7-11(12)13/h2-4,11,14H,5-7H2,1H3. The molecule has 16 heavy (non-hydrogen) atoms. The van der Waals surface area contributed by atoms with Crippen molar-refractivity contribution in [3.63, 3.8) is 0 Å². The number of benzene rings is 1. The van der Waals surface area contributed by atoms with E-state index in [2.05, 4.69) is 0 Å². The molecule has 0 aromatic heterocycles. The lowest BCUT2D eigenvalue weighted by molar-refractivity contribution is 0.00929. The van der Waals surface area contributed by atoms with Gasteiger partial charge in [0.05, 0.1) is 20.3 Å². The van der Waals surface area contributed by atoms with E-state index in [0.717, 1.165) is 0 Å². The predicted molar refractivity (Wildman–Crippen MR) is 54.6 cm³/mol. The second-order valence-corrected chi connectivity index (χ2v) is 3.21. The van der Waals surface area contributed by atoms with Gasteiger partial charge in [0.1, 0.15) is 12.4 Å². The molecule has 0 saturated heterocycles. The minimum atomic E-state index is -2.48. The molecule has 0 fully saturated rings. The fraction of sp³-hybridized carbons (Fsp3) is 0.455. The zero-order valence-corrected chi connectivity index (χ0v) is 8.95. The van der Waals surface area contributed by atoms with Gasteiger partial charge in [-0.05, 0) is 17.7 Å². The van der Waals surface area contributed by atoms with E-state index < -0.39 is 13.0 Å². The van der Waals surface area contributed by atoms with Gasteiger partial charge in [-0.15, -0.1) is 0 Å². The fourth-order valence-electron chi connectivity index (χ4n) is 1.30. The maximum absolute atomic E-state index is 11.9. The van der Waals surface area contributed by atoms with Gasteiger partial charge in [0, 0.05) is 5.56 Å². The van der Waals surface area contributed by atoms with Crippen LogP contribution in [0.2, 0.25) is 0 Å². The number of aliphatic hydroxyl groups is 1. The molecule has 0 radical (unpaired) electrons. The Hall–Kier alpha value is -1.20. The van der Waals surface area contributed by atoms with Gasteiger partial charge in [-0.2, -0.15) is 0 Å². The summed E-state index contributed by atoms with van der Waals surface area (Å²) in [6.07, 6.45) is -2.48. The van der Waals surface area contributed by atoms with Gasteiger partial charge in [-0.1, -0.05) is 6.07 Å². The summed E-state index contributed by atoms with van der Waals surface area (Å²) in [5.41, 5.74) is 1.34. The Labute approximate surface area is 92.6 Å². The van der Waals surface area contributed by atoms with E-state index in [0.29, 0.717) is 16.9 Å². The van der Waals surface area contributed by atoms with Crippen LogP contribution in [-0.2, 0) is 18.0 Å². The van der Waals surface area contributed by atoms with Crippen molar-refractivity contribution in [1.29, 1.82) is 0 Å². The van der Waals surface area contributed by atoms with Gasteiger partial charge in [0.25, 0.3) is 6.43 Å². The molecule has 1 rings (SSSR count). The highest BCUT2D eigenvalue weighted by Gasteiger charge is 2.07. The second kappa shape index (κ2) is 6.40. The van der Waals surface area contributed by atoms with Crippen molar-refractivity contribution in [3.8, 4) is 5.75 Å². The van der Waals surface area contributed by atoms with E-state index >= 15 is 0 Å². The zero-order chi connectivity index (χ0) is 12.0. The molecule has 0 heterocycles. The van der Waals surface area contributed by atoms with Crippen LogP contribution in [0.5, 0.6) is 5.75 Å². The van der Waals surface area contributed by atoms with Gasteiger partial charge < -0.3 is 14.6 Å². The monoisotopic (exact) mass is 232 g/mol. The highest BCUT2D eigenvalue weighted by molar-refractivity contribution is 5.36. The van der Waals surface area contributed by atoms with Gasteiger partial charge in [0.15, 0.2) is 0 Å². The van der Waals surface area contributed by atoms with Crippen LogP contribution < -0.4 is 4.74 Å². The summed E-state index contributed by atoms with van der Waals surface area (Å²) in [6.45, 7) is -0.667. The molecular formula is C11H14F2O3. The number of alkyl halides is 2. The third-order valence-electron chi connectivity index (χ3n) is 2.03. The molecule has 0 aliphatic heterocycles. The molecule has 0 unspecified atom stereocenters. The van der Waals surface area contributed by atoms with Gasteiger partial charge in [0.2, 0.25) is 0 Å². The molecule has 3 nitrogen and oxygen atoms in total. The lowest BCUT2D eigenvalue weighted by Crippen LogP contribution is -2.05. The molecule has 0 amide bonds. The minimum absolute atomic E-state index is 0.0430. The number of hydrogen-bond donors (Lipinski definition) is 1. The summed E-state index contributed by atoms with van der Waals surface area (Å²) in [6, 6.07) is 5.05. The maximum atomic E-state index is 11.9. The first-order chi connectivity index (χ1) is 7.67. The fourth-order valence-corrected chi connectivity index (χ4v) is 1.30. The van der Waals surface area contributed by atoms with E-state index in [9.17, 15) is 8.78 Å². The lowest BCUT2D eigenvalue weighted by Gasteiger charge is -2.10. The van der Waals surface area contributed by atoms with Crippen molar-refractivity contribution < 1.29 is 23.4 Å². The van der Waals surface area contributed by atoms with E-state index in [1.807, 2.05) is 0 Å². The molecule has 0 atom stereocenters. The summed E-state index contributed by atoms with van der Waals surface area (Å²) in [4.78, 5) is 0. The molecule has 1 aromatic rings. The van der Waals surface area contributed by atoms with Crippen LogP contribution in [0.3, 0.4) is 0 Å². The number of aliphatic hydroxyl groups excluding tert-OH is 1. The molecule has 0 bridgehead atoms. The Morgan fingerprint density at radius 1 is 1.38 bits per heavy atom. The summed E-state index contributed by atoms with van der Waals surface area (Å²) in [5.74, 6) is 0.562. The Morgan fingerprint density at radius 3 is 2.69 bits per heavy atom.